The Bertz CT molecular complexity index is 528. The second-order valence-corrected chi connectivity index (χ2v) is 7.37. The number of phosphoric ester groups is 1. The molecule has 0 unspecified atom stereocenters. The lowest BCUT2D eigenvalue weighted by Crippen LogP contribution is -2.64. The molecule has 2 fully saturated rings. The van der Waals surface area contributed by atoms with Crippen LogP contribution in [0.3, 0.4) is 0 Å². The largest absolute Gasteiger partial charge is 0.469 e. The predicted molar refractivity (Wildman–Crippen MR) is 79.5 cm³/mol. The summed E-state index contributed by atoms with van der Waals surface area (Å²) in [5.41, 5.74) is 0. The molecular formula is C12H23O14P. The summed E-state index contributed by atoms with van der Waals surface area (Å²) in [4.78, 5) is 17.4. The third-order valence-electron chi connectivity index (χ3n) is 4.21. The van der Waals surface area contributed by atoms with Gasteiger partial charge in [0.25, 0.3) is 0 Å². The Kier molecular flexibility index (Phi) is 7.68. The molecule has 27 heavy (non-hydrogen) atoms. The Morgan fingerprint density at radius 1 is 0.815 bits per heavy atom. The number of hydrogen-bond acceptors (Lipinski definition) is 12. The van der Waals surface area contributed by atoms with Crippen LogP contribution in [0, 0.1) is 0 Å². The van der Waals surface area contributed by atoms with Crippen LogP contribution in [0.4, 0.5) is 0 Å². The molecule has 0 saturated carbocycles. The number of aliphatic hydroxyl groups is 7. The molecule has 0 amide bonds. The minimum atomic E-state index is -4.92. The fourth-order valence-electron chi connectivity index (χ4n) is 2.71. The van der Waals surface area contributed by atoms with E-state index in [-0.39, 0.29) is 0 Å². The van der Waals surface area contributed by atoms with E-state index in [9.17, 15) is 35.2 Å². The van der Waals surface area contributed by atoms with E-state index in [0.717, 1.165) is 0 Å². The minimum Gasteiger partial charge on any atom is -0.394 e. The van der Waals surface area contributed by atoms with Gasteiger partial charge in [-0.25, -0.2) is 4.57 Å². The first-order valence-corrected chi connectivity index (χ1v) is 9.35. The molecule has 14 nitrogen and oxygen atoms in total. The molecule has 0 aromatic carbocycles. The molecule has 0 aromatic rings. The molecule has 160 valence electrons. The molecule has 0 spiro atoms. The lowest BCUT2D eigenvalue weighted by Gasteiger charge is -2.45. The van der Waals surface area contributed by atoms with E-state index in [0.29, 0.717) is 0 Å². The van der Waals surface area contributed by atoms with E-state index in [1.165, 1.54) is 0 Å². The van der Waals surface area contributed by atoms with Gasteiger partial charge < -0.3 is 59.7 Å². The van der Waals surface area contributed by atoms with E-state index in [1.807, 2.05) is 0 Å². The van der Waals surface area contributed by atoms with Crippen LogP contribution in [0.2, 0.25) is 0 Å². The van der Waals surface area contributed by atoms with Crippen molar-refractivity contribution in [3.05, 3.63) is 0 Å². The molecule has 0 bridgehead atoms. The van der Waals surface area contributed by atoms with Crippen molar-refractivity contribution in [3.63, 3.8) is 0 Å². The second kappa shape index (κ2) is 9.02. The molecule has 2 saturated heterocycles. The van der Waals surface area contributed by atoms with Crippen LogP contribution in [-0.2, 0) is 23.3 Å². The fourth-order valence-corrected chi connectivity index (χ4v) is 3.05. The van der Waals surface area contributed by atoms with Crippen molar-refractivity contribution >= 4 is 7.82 Å². The summed E-state index contributed by atoms with van der Waals surface area (Å²) >= 11 is 0. The van der Waals surface area contributed by atoms with Gasteiger partial charge in [-0.3, -0.25) is 4.52 Å². The van der Waals surface area contributed by atoms with Crippen LogP contribution in [0.5, 0.6) is 0 Å². The molecule has 0 radical (unpaired) electrons. The Labute approximate surface area is 152 Å². The van der Waals surface area contributed by atoms with Crippen LogP contribution in [0.25, 0.3) is 0 Å². The lowest BCUT2D eigenvalue weighted by atomic mass is 9.97. The van der Waals surface area contributed by atoms with Crippen molar-refractivity contribution in [2.45, 2.75) is 61.4 Å². The van der Waals surface area contributed by atoms with Crippen LogP contribution >= 0.6 is 7.82 Å². The summed E-state index contributed by atoms with van der Waals surface area (Å²) in [6.45, 7) is -1.59. The van der Waals surface area contributed by atoms with Gasteiger partial charge in [0.2, 0.25) is 0 Å². The monoisotopic (exact) mass is 422 g/mol. The van der Waals surface area contributed by atoms with Gasteiger partial charge in [0.05, 0.1) is 13.2 Å². The van der Waals surface area contributed by atoms with E-state index < -0.39 is 82.4 Å². The molecular weight excluding hydrogens is 399 g/mol. The maximum atomic E-state index is 10.8. The summed E-state index contributed by atoms with van der Waals surface area (Å²) in [7, 11) is -4.92. The van der Waals surface area contributed by atoms with E-state index in [2.05, 4.69) is 4.52 Å². The van der Waals surface area contributed by atoms with Crippen LogP contribution < -0.4 is 0 Å². The van der Waals surface area contributed by atoms with Gasteiger partial charge in [-0.05, 0) is 0 Å². The highest BCUT2D eigenvalue weighted by Crippen LogP contribution is 2.37. The molecule has 9 N–H and O–H groups in total. The first kappa shape index (κ1) is 23.0. The summed E-state index contributed by atoms with van der Waals surface area (Å²) in [5.74, 6) is 0. The van der Waals surface area contributed by atoms with Gasteiger partial charge in [0.15, 0.2) is 12.6 Å². The third-order valence-corrected chi connectivity index (χ3v) is 4.69. The van der Waals surface area contributed by atoms with Crippen molar-refractivity contribution in [2.75, 3.05) is 13.2 Å². The summed E-state index contributed by atoms with van der Waals surface area (Å²) in [6, 6.07) is 0. The Morgan fingerprint density at radius 3 is 1.96 bits per heavy atom. The average molecular weight is 422 g/mol. The highest BCUT2D eigenvalue weighted by molar-refractivity contribution is 7.46. The summed E-state index contributed by atoms with van der Waals surface area (Å²) in [5, 5.41) is 68.4. The average Bonchev–Trinajstić information content (AvgIpc) is 2.59. The molecule has 2 aliphatic rings. The number of ether oxygens (including phenoxy) is 3. The van der Waals surface area contributed by atoms with Gasteiger partial charge in [0, 0.05) is 0 Å². The molecule has 0 aliphatic carbocycles. The number of rotatable bonds is 6. The molecule has 15 heteroatoms. The quantitative estimate of drug-likeness (QED) is 0.182. The molecule has 2 heterocycles. The van der Waals surface area contributed by atoms with Gasteiger partial charge in [-0.1, -0.05) is 0 Å². The van der Waals surface area contributed by atoms with Crippen molar-refractivity contribution in [3.8, 4) is 0 Å². The van der Waals surface area contributed by atoms with Crippen LogP contribution in [-0.4, -0.2) is 120 Å². The van der Waals surface area contributed by atoms with E-state index >= 15 is 0 Å². The van der Waals surface area contributed by atoms with Crippen molar-refractivity contribution in [1.82, 2.24) is 0 Å². The van der Waals surface area contributed by atoms with Crippen LogP contribution in [0.15, 0.2) is 0 Å². The SMILES string of the molecule is O=P(O)(O)OC[C@H]1O[C@H](O[C@H]2[C@@H](O)[C@H](O)[C@@H](CO)O[C@@H]2O)[C@@H](O)[C@@H](O)[C@@H]1O. The third kappa shape index (κ3) is 5.41. The van der Waals surface area contributed by atoms with E-state index in [1.54, 1.807) is 0 Å². The minimum absolute atomic E-state index is 0.711. The summed E-state index contributed by atoms with van der Waals surface area (Å²) in [6.07, 6.45) is -17.2. The first-order valence-electron chi connectivity index (χ1n) is 7.82. The van der Waals surface area contributed by atoms with Gasteiger partial charge in [-0.15, -0.1) is 0 Å². The topological polar surface area (TPSA) is 236 Å². The normalized spacial score (nSPS) is 46.4. The zero-order valence-electron chi connectivity index (χ0n) is 13.7. The smallest absolute Gasteiger partial charge is 0.394 e. The molecule has 0 aromatic heterocycles. The van der Waals surface area contributed by atoms with Crippen LogP contribution in [0.1, 0.15) is 0 Å². The fraction of sp³-hybridized carbons (Fsp3) is 1.00. The lowest BCUT2D eigenvalue weighted by molar-refractivity contribution is -0.361. The highest BCUT2D eigenvalue weighted by atomic mass is 31.2. The maximum Gasteiger partial charge on any atom is 0.469 e. The molecule has 2 rings (SSSR count). The van der Waals surface area contributed by atoms with Gasteiger partial charge in [-0.2, -0.15) is 0 Å². The highest BCUT2D eigenvalue weighted by Gasteiger charge is 2.50. The Balaban J connectivity index is 2.08. The van der Waals surface area contributed by atoms with Crippen molar-refractivity contribution < 1.29 is 68.8 Å². The van der Waals surface area contributed by atoms with Gasteiger partial charge >= 0.3 is 7.82 Å². The zero-order valence-corrected chi connectivity index (χ0v) is 14.6. The molecule has 10 atom stereocenters. The summed E-state index contributed by atoms with van der Waals surface area (Å²) < 4.78 is 30.1. The predicted octanol–water partition coefficient (Wildman–Crippen LogP) is -5.28. The van der Waals surface area contributed by atoms with E-state index in [4.69, 9.17) is 29.1 Å². The first-order chi connectivity index (χ1) is 12.5. The number of aliphatic hydroxyl groups excluding tert-OH is 7. The standard InChI is InChI=1S/C12H23O14P/c13-1-3-5(14)8(17)10(11(19)24-3)26-12-9(18)7(16)6(15)4(25-12)2-23-27(20,21)22/h3-19H,1-2H2,(H2,20,21,22)/t3-,4-,5-,6-,7+,8+,9+,10+,11+,12-/m1/s1. The van der Waals surface area contributed by atoms with Crippen molar-refractivity contribution in [2.24, 2.45) is 0 Å². The zero-order chi connectivity index (χ0) is 20.5. The van der Waals surface area contributed by atoms with Gasteiger partial charge in [0.1, 0.15) is 48.8 Å². The molecule has 2 aliphatic heterocycles. The Hall–Kier alpha value is -0.290. The number of phosphoric acid groups is 1. The number of hydrogen-bond donors (Lipinski definition) is 9. The second-order valence-electron chi connectivity index (χ2n) is 6.13. The Morgan fingerprint density at radius 2 is 1.41 bits per heavy atom. The maximum absolute atomic E-state index is 10.8. The van der Waals surface area contributed by atoms with Crippen molar-refractivity contribution in [1.29, 1.82) is 0 Å².